The van der Waals surface area contributed by atoms with E-state index in [4.69, 9.17) is 4.74 Å². The van der Waals surface area contributed by atoms with Crippen LogP contribution in [0, 0.1) is 6.07 Å². The van der Waals surface area contributed by atoms with Gasteiger partial charge < -0.3 is 4.74 Å². The Hall–Kier alpha value is -2.54. The van der Waals surface area contributed by atoms with Crippen LogP contribution < -0.4 is 4.74 Å². The van der Waals surface area contributed by atoms with Gasteiger partial charge >= 0.3 is 0 Å². The maximum atomic E-state index is 5.89. The first-order chi connectivity index (χ1) is 12.0. The minimum Gasteiger partial charge on any atom is -0.457 e. The fourth-order valence-electron chi connectivity index (χ4n) is 2.90. The maximum Gasteiger partial charge on any atom is 0.127 e. The second kappa shape index (κ2) is 7.57. The topological polar surface area (TPSA) is 9.23 Å². The molecule has 1 radical (unpaired) electrons. The summed E-state index contributed by atoms with van der Waals surface area (Å²) in [5.74, 6) is 2.64. The molecule has 1 nitrogen and oxygen atoms in total. The van der Waals surface area contributed by atoms with Gasteiger partial charge in [-0.15, -0.1) is 0 Å². The number of ether oxygens (including phenoxy) is 1. The van der Waals surface area contributed by atoms with Crippen molar-refractivity contribution in [2.24, 2.45) is 0 Å². The van der Waals surface area contributed by atoms with Gasteiger partial charge in [-0.1, -0.05) is 70.2 Å². The molecule has 0 spiro atoms. The molecular weight excluding hydrogens is 304 g/mol. The molecule has 3 rings (SSSR count). The van der Waals surface area contributed by atoms with Crippen LogP contribution in [0.25, 0.3) is 11.1 Å². The van der Waals surface area contributed by atoms with E-state index >= 15 is 0 Å². The van der Waals surface area contributed by atoms with Gasteiger partial charge in [0, 0.05) is 0 Å². The van der Waals surface area contributed by atoms with Crippen molar-refractivity contribution in [1.82, 2.24) is 0 Å². The zero-order valence-electron chi connectivity index (χ0n) is 15.4. The van der Waals surface area contributed by atoms with Gasteiger partial charge in [0.05, 0.1) is 0 Å². The lowest BCUT2D eigenvalue weighted by molar-refractivity contribution is 0.483. The van der Waals surface area contributed by atoms with E-state index in [2.05, 4.69) is 58.0 Å². The number of para-hydroxylation sites is 1. The molecule has 0 bridgehead atoms. The molecule has 1 heteroatoms. The zero-order valence-corrected chi connectivity index (χ0v) is 15.4. The number of hydrogen-bond acceptors (Lipinski definition) is 1. The summed E-state index contributed by atoms with van der Waals surface area (Å²) in [6, 6.07) is 26.2. The first-order valence-corrected chi connectivity index (χ1v) is 8.94. The minimum atomic E-state index is 0.439. The highest BCUT2D eigenvalue weighted by Gasteiger charge is 2.12. The van der Waals surface area contributed by atoms with Crippen LogP contribution in [0.5, 0.6) is 11.5 Å². The predicted molar refractivity (Wildman–Crippen MR) is 105 cm³/mol. The second-order valence-corrected chi connectivity index (χ2v) is 6.99. The zero-order chi connectivity index (χ0) is 17.8. The fourth-order valence-corrected chi connectivity index (χ4v) is 2.90. The smallest absolute Gasteiger partial charge is 0.127 e. The Morgan fingerprint density at radius 1 is 0.680 bits per heavy atom. The van der Waals surface area contributed by atoms with Crippen LogP contribution in [0.2, 0.25) is 0 Å². The Labute approximate surface area is 151 Å². The summed E-state index contributed by atoms with van der Waals surface area (Å²) < 4.78 is 5.89. The van der Waals surface area contributed by atoms with Crippen molar-refractivity contribution in [1.29, 1.82) is 0 Å². The van der Waals surface area contributed by atoms with Crippen molar-refractivity contribution in [2.45, 2.75) is 39.5 Å². The number of rotatable bonds is 5. The quantitative estimate of drug-likeness (QED) is 0.481. The molecule has 25 heavy (non-hydrogen) atoms. The van der Waals surface area contributed by atoms with E-state index in [0.29, 0.717) is 11.8 Å². The van der Waals surface area contributed by atoms with E-state index < -0.39 is 0 Å². The SMILES string of the molecule is CC(C)c1[c]c(C(C)C)c(-c2ccc(Oc3ccccc3)cc2)cc1. The molecule has 127 valence electrons. The van der Waals surface area contributed by atoms with Gasteiger partial charge in [0.25, 0.3) is 0 Å². The van der Waals surface area contributed by atoms with E-state index in [1.165, 1.54) is 22.3 Å². The second-order valence-electron chi connectivity index (χ2n) is 6.99. The lowest BCUT2D eigenvalue weighted by atomic mass is 9.88. The molecule has 0 aliphatic heterocycles. The summed E-state index contributed by atoms with van der Waals surface area (Å²) in [6.45, 7) is 8.88. The van der Waals surface area contributed by atoms with Gasteiger partial charge in [0.2, 0.25) is 0 Å². The molecule has 0 heterocycles. The Bertz CT molecular complexity index is 814. The largest absolute Gasteiger partial charge is 0.457 e. The third kappa shape index (κ3) is 4.11. The third-order valence-corrected chi connectivity index (χ3v) is 4.34. The number of hydrogen-bond donors (Lipinski definition) is 0. The van der Waals surface area contributed by atoms with E-state index in [1.54, 1.807) is 0 Å². The normalized spacial score (nSPS) is 11.1. The lowest BCUT2D eigenvalue weighted by Crippen LogP contribution is -1.97. The van der Waals surface area contributed by atoms with Crippen LogP contribution in [-0.4, -0.2) is 0 Å². The third-order valence-electron chi connectivity index (χ3n) is 4.34. The van der Waals surface area contributed by atoms with Crippen molar-refractivity contribution in [3.8, 4) is 22.6 Å². The van der Waals surface area contributed by atoms with E-state index in [9.17, 15) is 0 Å². The van der Waals surface area contributed by atoms with E-state index in [1.807, 2.05) is 42.5 Å². The van der Waals surface area contributed by atoms with Crippen molar-refractivity contribution in [3.63, 3.8) is 0 Å². The summed E-state index contributed by atoms with van der Waals surface area (Å²) in [5, 5.41) is 0. The van der Waals surface area contributed by atoms with Crippen LogP contribution in [0.3, 0.4) is 0 Å². The average Bonchev–Trinajstić information content (AvgIpc) is 2.62. The fraction of sp³-hybridized carbons (Fsp3) is 0.250. The molecular formula is C24H25O. The van der Waals surface area contributed by atoms with Crippen molar-refractivity contribution < 1.29 is 4.74 Å². The maximum absolute atomic E-state index is 5.89. The first kappa shape index (κ1) is 17.3. The number of benzene rings is 3. The van der Waals surface area contributed by atoms with Gasteiger partial charge in [-0.3, -0.25) is 0 Å². The molecule has 0 saturated carbocycles. The van der Waals surface area contributed by atoms with E-state index in [0.717, 1.165) is 11.5 Å². The first-order valence-electron chi connectivity index (χ1n) is 8.94. The van der Waals surface area contributed by atoms with E-state index in [-0.39, 0.29) is 0 Å². The van der Waals surface area contributed by atoms with Crippen molar-refractivity contribution in [2.75, 3.05) is 0 Å². The molecule has 0 amide bonds. The van der Waals surface area contributed by atoms with Crippen LogP contribution in [0.4, 0.5) is 0 Å². The highest BCUT2D eigenvalue weighted by atomic mass is 16.5. The van der Waals surface area contributed by atoms with Gasteiger partial charge in [0.15, 0.2) is 0 Å². The Balaban J connectivity index is 1.89. The minimum absolute atomic E-state index is 0.439. The summed E-state index contributed by atoms with van der Waals surface area (Å²) >= 11 is 0. The Kier molecular flexibility index (Phi) is 5.23. The Morgan fingerprint density at radius 2 is 1.32 bits per heavy atom. The van der Waals surface area contributed by atoms with Crippen LogP contribution in [0.1, 0.15) is 50.7 Å². The Morgan fingerprint density at radius 3 is 1.92 bits per heavy atom. The average molecular weight is 329 g/mol. The standard InChI is InChI=1S/C24H25O/c1-17(2)20-12-15-23(24(16-20)18(3)4)19-10-13-22(14-11-19)25-21-8-6-5-7-9-21/h5-15,17-18H,1-4H3. The molecule has 0 aliphatic rings. The summed E-state index contributed by atoms with van der Waals surface area (Å²) in [7, 11) is 0. The van der Waals surface area contributed by atoms with Gasteiger partial charge in [-0.05, 0) is 64.4 Å². The lowest BCUT2D eigenvalue weighted by Gasteiger charge is -2.16. The summed E-state index contributed by atoms with van der Waals surface area (Å²) in [5.41, 5.74) is 5.01. The highest BCUT2D eigenvalue weighted by molar-refractivity contribution is 5.69. The van der Waals surface area contributed by atoms with Crippen molar-refractivity contribution in [3.05, 3.63) is 83.9 Å². The molecule has 0 N–H and O–H groups in total. The molecule has 0 fully saturated rings. The van der Waals surface area contributed by atoms with Crippen LogP contribution in [-0.2, 0) is 0 Å². The summed E-state index contributed by atoms with van der Waals surface area (Å²) in [4.78, 5) is 0. The highest BCUT2D eigenvalue weighted by Crippen LogP contribution is 2.33. The molecule has 0 unspecified atom stereocenters. The molecule has 0 aromatic heterocycles. The predicted octanol–water partition coefficient (Wildman–Crippen LogP) is 7.19. The van der Waals surface area contributed by atoms with Crippen LogP contribution in [0.15, 0.2) is 66.7 Å². The van der Waals surface area contributed by atoms with Gasteiger partial charge in [-0.2, -0.15) is 0 Å². The molecule has 3 aromatic rings. The summed E-state index contributed by atoms with van der Waals surface area (Å²) in [6.07, 6.45) is 0. The van der Waals surface area contributed by atoms with Gasteiger partial charge in [-0.25, -0.2) is 0 Å². The van der Waals surface area contributed by atoms with Gasteiger partial charge in [0.1, 0.15) is 11.5 Å². The molecule has 0 saturated heterocycles. The molecule has 3 aromatic carbocycles. The van der Waals surface area contributed by atoms with Crippen LogP contribution >= 0.6 is 0 Å². The molecule has 0 aliphatic carbocycles. The molecule has 0 atom stereocenters. The monoisotopic (exact) mass is 329 g/mol. The van der Waals surface area contributed by atoms with Crippen molar-refractivity contribution >= 4 is 0 Å².